The Balaban J connectivity index is 1.37. The van der Waals surface area contributed by atoms with Crippen LogP contribution in [-0.4, -0.2) is 38.4 Å². The van der Waals surface area contributed by atoms with Gasteiger partial charge in [-0.15, -0.1) is 10.2 Å². The summed E-state index contributed by atoms with van der Waals surface area (Å²) in [6.45, 7) is 4.81. The molecule has 1 aromatic carbocycles. The molecule has 25 heavy (non-hydrogen) atoms. The van der Waals surface area contributed by atoms with Gasteiger partial charge >= 0.3 is 0 Å². The number of aromatic amines is 1. The highest BCUT2D eigenvalue weighted by atomic mass is 16.4. The first-order valence-corrected chi connectivity index (χ1v) is 8.86. The zero-order valence-corrected chi connectivity index (χ0v) is 14.5. The number of nitrogens with one attached hydrogen (secondary N) is 1. The van der Waals surface area contributed by atoms with E-state index in [2.05, 4.69) is 43.5 Å². The molecule has 6 nitrogen and oxygen atoms in total. The lowest BCUT2D eigenvalue weighted by Gasteiger charge is -2.30. The van der Waals surface area contributed by atoms with E-state index in [0.717, 1.165) is 24.5 Å². The third-order valence-corrected chi connectivity index (χ3v) is 4.72. The molecule has 0 radical (unpaired) electrons. The second-order valence-electron chi connectivity index (χ2n) is 6.80. The van der Waals surface area contributed by atoms with Gasteiger partial charge in [-0.25, -0.2) is 0 Å². The van der Waals surface area contributed by atoms with Gasteiger partial charge in [0.15, 0.2) is 0 Å². The van der Waals surface area contributed by atoms with Crippen LogP contribution in [0.1, 0.15) is 47.5 Å². The Hall–Kier alpha value is -2.47. The van der Waals surface area contributed by atoms with E-state index < -0.39 is 0 Å². The van der Waals surface area contributed by atoms with Crippen LogP contribution >= 0.6 is 0 Å². The van der Waals surface area contributed by atoms with E-state index in [1.807, 2.05) is 25.1 Å². The number of aromatic nitrogens is 4. The molecule has 1 fully saturated rings. The van der Waals surface area contributed by atoms with Gasteiger partial charge in [-0.2, -0.15) is 5.10 Å². The third kappa shape index (κ3) is 3.96. The molecule has 0 bridgehead atoms. The quantitative estimate of drug-likeness (QED) is 0.775. The van der Waals surface area contributed by atoms with Crippen LogP contribution in [0.25, 0.3) is 0 Å². The summed E-state index contributed by atoms with van der Waals surface area (Å²) < 4.78 is 5.85. The monoisotopic (exact) mass is 337 g/mol. The Labute approximate surface area is 147 Å². The van der Waals surface area contributed by atoms with Crippen LogP contribution in [0, 0.1) is 6.92 Å². The maximum absolute atomic E-state index is 5.85. The summed E-state index contributed by atoms with van der Waals surface area (Å²) in [5, 5.41) is 15.9. The van der Waals surface area contributed by atoms with E-state index in [9.17, 15) is 0 Å². The van der Waals surface area contributed by atoms with E-state index in [1.54, 1.807) is 0 Å². The topological polar surface area (TPSA) is 70.8 Å². The highest BCUT2D eigenvalue weighted by molar-refractivity contribution is 5.17. The first-order chi connectivity index (χ1) is 12.3. The van der Waals surface area contributed by atoms with E-state index >= 15 is 0 Å². The van der Waals surface area contributed by atoms with Gasteiger partial charge in [0.05, 0.1) is 18.7 Å². The summed E-state index contributed by atoms with van der Waals surface area (Å²) in [5.74, 6) is 1.85. The van der Waals surface area contributed by atoms with Crippen LogP contribution in [0.3, 0.4) is 0 Å². The molecule has 1 N–H and O–H groups in total. The Morgan fingerprint density at radius 2 is 2.04 bits per heavy atom. The third-order valence-electron chi connectivity index (χ3n) is 4.72. The number of H-pyrrole nitrogens is 1. The predicted octanol–water partition coefficient (Wildman–Crippen LogP) is 3.07. The Bertz CT molecular complexity index is 810. The number of likely N-dealkylation sites (tertiary alicyclic amines) is 1. The van der Waals surface area contributed by atoms with Gasteiger partial charge in [0.2, 0.25) is 11.8 Å². The number of piperidine rings is 1. The molecule has 0 amide bonds. The van der Waals surface area contributed by atoms with Crippen molar-refractivity contribution in [3.8, 4) is 0 Å². The predicted molar refractivity (Wildman–Crippen MR) is 94.1 cm³/mol. The molecule has 0 spiro atoms. The number of hydrogen-bond donors (Lipinski definition) is 1. The van der Waals surface area contributed by atoms with E-state index in [-0.39, 0.29) is 0 Å². The molecular weight excluding hydrogens is 314 g/mol. The van der Waals surface area contributed by atoms with Crippen LogP contribution in [-0.2, 0) is 13.0 Å². The number of nitrogens with zero attached hydrogens (tertiary/aromatic N) is 4. The van der Waals surface area contributed by atoms with Crippen LogP contribution in [0.2, 0.25) is 0 Å². The first kappa shape index (κ1) is 16.0. The highest BCUT2D eigenvalue weighted by Crippen LogP contribution is 2.26. The van der Waals surface area contributed by atoms with Crippen molar-refractivity contribution in [1.29, 1.82) is 0 Å². The summed E-state index contributed by atoms with van der Waals surface area (Å²) in [7, 11) is 0. The molecule has 4 rings (SSSR count). The lowest BCUT2D eigenvalue weighted by molar-refractivity contribution is 0.181. The summed E-state index contributed by atoms with van der Waals surface area (Å²) in [6, 6.07) is 12.4. The smallest absolute Gasteiger partial charge is 0.230 e. The lowest BCUT2D eigenvalue weighted by Crippen LogP contribution is -2.34. The summed E-state index contributed by atoms with van der Waals surface area (Å²) in [5.41, 5.74) is 3.47. The summed E-state index contributed by atoms with van der Waals surface area (Å²) in [6.07, 6.45) is 3.04. The van der Waals surface area contributed by atoms with E-state index in [4.69, 9.17) is 4.42 Å². The lowest BCUT2D eigenvalue weighted by atomic mass is 9.95. The number of rotatable bonds is 5. The van der Waals surface area contributed by atoms with Gasteiger partial charge in [-0.05, 0) is 37.9 Å². The van der Waals surface area contributed by atoms with Crippen LogP contribution in [0.15, 0.2) is 40.8 Å². The summed E-state index contributed by atoms with van der Waals surface area (Å²) in [4.78, 5) is 2.39. The van der Waals surface area contributed by atoms with Crippen molar-refractivity contribution < 1.29 is 4.42 Å². The molecule has 1 atom stereocenters. The standard InChI is InChI=1S/C19H23N5O/c1-14-10-17(21-20-14)16-8-5-9-24(12-16)13-19-23-22-18(25-19)11-15-6-3-2-4-7-15/h2-4,6-7,10,16H,5,8-9,11-13H2,1H3,(H,20,21)/t16-/m0/s1. The van der Waals surface area contributed by atoms with Crippen LogP contribution in [0.5, 0.6) is 0 Å². The van der Waals surface area contributed by atoms with Gasteiger partial charge < -0.3 is 4.42 Å². The van der Waals surface area contributed by atoms with Crippen molar-refractivity contribution in [2.45, 2.75) is 38.6 Å². The fourth-order valence-electron chi connectivity index (χ4n) is 3.47. The highest BCUT2D eigenvalue weighted by Gasteiger charge is 2.24. The fraction of sp³-hybridized carbons (Fsp3) is 0.421. The molecule has 3 aromatic rings. The van der Waals surface area contributed by atoms with Crippen molar-refractivity contribution >= 4 is 0 Å². The average Bonchev–Trinajstić information content (AvgIpc) is 3.25. The zero-order valence-electron chi connectivity index (χ0n) is 14.5. The van der Waals surface area contributed by atoms with Gasteiger partial charge in [0.1, 0.15) is 0 Å². The van der Waals surface area contributed by atoms with Crippen molar-refractivity contribution in [3.05, 3.63) is 65.1 Å². The molecule has 0 saturated carbocycles. The summed E-state index contributed by atoms with van der Waals surface area (Å²) >= 11 is 0. The first-order valence-electron chi connectivity index (χ1n) is 8.86. The molecule has 1 aliphatic heterocycles. The Morgan fingerprint density at radius 1 is 1.20 bits per heavy atom. The molecule has 2 aromatic heterocycles. The molecule has 3 heterocycles. The minimum atomic E-state index is 0.477. The van der Waals surface area contributed by atoms with Crippen molar-refractivity contribution in [1.82, 2.24) is 25.3 Å². The largest absolute Gasteiger partial charge is 0.424 e. The number of benzene rings is 1. The molecule has 130 valence electrons. The second kappa shape index (κ2) is 7.19. The normalized spacial score (nSPS) is 18.5. The van der Waals surface area contributed by atoms with Gasteiger partial charge in [0.25, 0.3) is 0 Å². The minimum absolute atomic E-state index is 0.477. The van der Waals surface area contributed by atoms with Gasteiger partial charge in [0, 0.05) is 18.2 Å². The zero-order chi connectivity index (χ0) is 17.1. The number of hydrogen-bond acceptors (Lipinski definition) is 5. The van der Waals surface area contributed by atoms with Gasteiger partial charge in [-0.3, -0.25) is 10.00 Å². The SMILES string of the molecule is Cc1cc([C@H]2CCCN(Cc3nnc(Cc4ccccc4)o3)C2)n[nH]1. The second-order valence-corrected chi connectivity index (χ2v) is 6.80. The van der Waals surface area contributed by atoms with Crippen molar-refractivity contribution in [3.63, 3.8) is 0 Å². The Morgan fingerprint density at radius 3 is 2.84 bits per heavy atom. The molecular formula is C19H23N5O. The van der Waals surface area contributed by atoms with Crippen molar-refractivity contribution in [2.24, 2.45) is 0 Å². The maximum Gasteiger partial charge on any atom is 0.230 e. The molecule has 1 aliphatic rings. The number of aryl methyl sites for hydroxylation is 1. The van der Waals surface area contributed by atoms with E-state index in [1.165, 1.54) is 18.4 Å². The molecule has 0 aliphatic carbocycles. The van der Waals surface area contributed by atoms with E-state index in [0.29, 0.717) is 30.7 Å². The fourth-order valence-corrected chi connectivity index (χ4v) is 3.47. The minimum Gasteiger partial charge on any atom is -0.424 e. The maximum atomic E-state index is 5.85. The van der Waals surface area contributed by atoms with Crippen LogP contribution in [0.4, 0.5) is 0 Å². The Kier molecular flexibility index (Phi) is 4.61. The van der Waals surface area contributed by atoms with Gasteiger partial charge in [-0.1, -0.05) is 30.3 Å². The van der Waals surface area contributed by atoms with Crippen molar-refractivity contribution in [2.75, 3.05) is 13.1 Å². The van der Waals surface area contributed by atoms with Crippen LogP contribution < -0.4 is 0 Å². The average molecular weight is 337 g/mol. The molecule has 0 unspecified atom stereocenters. The molecule has 6 heteroatoms. The molecule has 1 saturated heterocycles.